The summed E-state index contributed by atoms with van der Waals surface area (Å²) in [5.41, 5.74) is 1.59. The number of benzene rings is 3. The third-order valence-corrected chi connectivity index (χ3v) is 5.04. The average molecular weight is 394 g/mol. The summed E-state index contributed by atoms with van der Waals surface area (Å²) in [6.45, 7) is 1.06. The van der Waals surface area contributed by atoms with Gasteiger partial charge in [0.2, 0.25) is 0 Å². The first-order chi connectivity index (χ1) is 13.7. The van der Waals surface area contributed by atoms with Gasteiger partial charge < -0.3 is 14.8 Å². The number of carbonyl (C=O) groups excluding carboxylic acids is 1. The molecule has 0 aliphatic carbocycles. The van der Waals surface area contributed by atoms with E-state index in [1.165, 1.54) is 4.90 Å². The fourth-order valence-electron chi connectivity index (χ4n) is 2.61. The molecule has 0 radical (unpaired) electrons. The van der Waals surface area contributed by atoms with Gasteiger partial charge in [-0.1, -0.05) is 30.3 Å². The van der Waals surface area contributed by atoms with Gasteiger partial charge in [0.05, 0.1) is 13.7 Å². The monoisotopic (exact) mass is 393 g/mol. The van der Waals surface area contributed by atoms with E-state index >= 15 is 0 Å². The van der Waals surface area contributed by atoms with E-state index < -0.39 is 0 Å². The molecule has 0 heterocycles. The smallest absolute Gasteiger partial charge is 0.251 e. The summed E-state index contributed by atoms with van der Waals surface area (Å²) in [5.74, 6) is 2.29. The second-order valence-electron chi connectivity index (χ2n) is 6.07. The van der Waals surface area contributed by atoms with Crippen LogP contribution in [0.1, 0.15) is 15.9 Å². The summed E-state index contributed by atoms with van der Waals surface area (Å²) in [4.78, 5) is 13.5. The lowest BCUT2D eigenvalue weighted by molar-refractivity contribution is 0.0951. The normalized spacial score (nSPS) is 10.3. The first-order valence-corrected chi connectivity index (χ1v) is 10.0. The SMILES string of the molecule is COc1cccc(CNC(=O)c2ccc(OCCSc3ccccc3)cc2)c1. The van der Waals surface area contributed by atoms with Crippen molar-refractivity contribution in [1.29, 1.82) is 0 Å². The lowest BCUT2D eigenvalue weighted by atomic mass is 10.2. The van der Waals surface area contributed by atoms with Crippen molar-refractivity contribution in [2.45, 2.75) is 11.4 Å². The zero-order valence-electron chi connectivity index (χ0n) is 15.8. The van der Waals surface area contributed by atoms with Crippen LogP contribution in [0.15, 0.2) is 83.8 Å². The van der Waals surface area contributed by atoms with Crippen molar-refractivity contribution in [2.24, 2.45) is 0 Å². The van der Waals surface area contributed by atoms with Crippen molar-refractivity contribution in [2.75, 3.05) is 19.5 Å². The predicted octanol–water partition coefficient (Wildman–Crippen LogP) is 4.80. The summed E-state index contributed by atoms with van der Waals surface area (Å²) in [6, 6.07) is 25.1. The highest BCUT2D eigenvalue weighted by Gasteiger charge is 2.06. The van der Waals surface area contributed by atoms with Gasteiger partial charge in [0.25, 0.3) is 5.91 Å². The molecule has 3 aromatic rings. The number of ether oxygens (including phenoxy) is 2. The van der Waals surface area contributed by atoms with Crippen LogP contribution in [0.5, 0.6) is 11.5 Å². The maximum Gasteiger partial charge on any atom is 0.251 e. The second kappa shape index (κ2) is 10.4. The van der Waals surface area contributed by atoms with E-state index in [4.69, 9.17) is 9.47 Å². The van der Waals surface area contributed by atoms with Crippen LogP contribution < -0.4 is 14.8 Å². The first kappa shape index (κ1) is 19.8. The largest absolute Gasteiger partial charge is 0.497 e. The molecule has 28 heavy (non-hydrogen) atoms. The third kappa shape index (κ3) is 6.06. The Morgan fingerprint density at radius 1 is 0.929 bits per heavy atom. The lowest BCUT2D eigenvalue weighted by Gasteiger charge is -2.09. The molecule has 0 saturated carbocycles. The summed E-state index contributed by atoms with van der Waals surface area (Å²) in [7, 11) is 1.63. The van der Waals surface area contributed by atoms with Gasteiger partial charge in [-0.3, -0.25) is 4.79 Å². The second-order valence-corrected chi connectivity index (χ2v) is 7.24. The van der Waals surface area contributed by atoms with E-state index in [1.54, 1.807) is 31.0 Å². The lowest BCUT2D eigenvalue weighted by Crippen LogP contribution is -2.22. The van der Waals surface area contributed by atoms with Gasteiger partial charge in [0.1, 0.15) is 11.5 Å². The number of amides is 1. The van der Waals surface area contributed by atoms with E-state index in [9.17, 15) is 4.79 Å². The van der Waals surface area contributed by atoms with Crippen LogP contribution in [0.3, 0.4) is 0 Å². The van der Waals surface area contributed by atoms with Gasteiger partial charge in [-0.2, -0.15) is 0 Å². The summed E-state index contributed by atoms with van der Waals surface area (Å²) >= 11 is 1.76. The van der Waals surface area contributed by atoms with Crippen LogP contribution >= 0.6 is 11.8 Å². The zero-order valence-corrected chi connectivity index (χ0v) is 16.6. The molecule has 0 atom stereocenters. The Morgan fingerprint density at radius 3 is 2.46 bits per heavy atom. The Hall–Kier alpha value is -2.92. The third-order valence-electron chi connectivity index (χ3n) is 4.07. The number of hydrogen-bond acceptors (Lipinski definition) is 4. The number of carbonyl (C=O) groups is 1. The van der Waals surface area contributed by atoms with Crippen LogP contribution in [-0.4, -0.2) is 25.4 Å². The van der Waals surface area contributed by atoms with Gasteiger partial charge in [0, 0.05) is 22.8 Å². The summed E-state index contributed by atoms with van der Waals surface area (Å²) < 4.78 is 10.9. The number of nitrogens with one attached hydrogen (secondary N) is 1. The zero-order chi connectivity index (χ0) is 19.6. The Kier molecular flexibility index (Phi) is 7.38. The number of hydrogen-bond donors (Lipinski definition) is 1. The van der Waals surface area contributed by atoms with Crippen molar-refractivity contribution in [3.63, 3.8) is 0 Å². The van der Waals surface area contributed by atoms with Crippen molar-refractivity contribution in [1.82, 2.24) is 5.32 Å². The Morgan fingerprint density at radius 2 is 1.71 bits per heavy atom. The summed E-state index contributed by atoms with van der Waals surface area (Å²) in [6.07, 6.45) is 0. The topological polar surface area (TPSA) is 47.6 Å². The number of thioether (sulfide) groups is 1. The van der Waals surface area contributed by atoms with E-state index in [0.29, 0.717) is 18.7 Å². The standard InChI is InChI=1S/C23H23NO3S/c1-26-21-7-5-6-18(16-21)17-24-23(25)19-10-12-20(13-11-19)27-14-15-28-22-8-3-2-4-9-22/h2-13,16H,14-15,17H2,1H3,(H,24,25). The molecule has 0 aliphatic rings. The molecule has 4 nitrogen and oxygen atoms in total. The maximum absolute atomic E-state index is 12.3. The predicted molar refractivity (Wildman–Crippen MR) is 113 cm³/mol. The van der Waals surface area contributed by atoms with Gasteiger partial charge in [0.15, 0.2) is 0 Å². The average Bonchev–Trinajstić information content (AvgIpc) is 2.76. The number of methoxy groups -OCH3 is 1. The molecule has 144 valence electrons. The summed E-state index contributed by atoms with van der Waals surface area (Å²) in [5, 5.41) is 2.92. The van der Waals surface area contributed by atoms with E-state index in [1.807, 2.05) is 54.6 Å². The number of rotatable bonds is 9. The molecule has 0 aromatic heterocycles. The highest BCUT2D eigenvalue weighted by molar-refractivity contribution is 7.99. The van der Waals surface area contributed by atoms with Gasteiger partial charge in [-0.25, -0.2) is 0 Å². The fraction of sp³-hybridized carbons (Fsp3) is 0.174. The maximum atomic E-state index is 12.3. The molecule has 0 spiro atoms. The molecule has 0 fully saturated rings. The van der Waals surface area contributed by atoms with Crippen LogP contribution in [0, 0.1) is 0 Å². The molecular formula is C23H23NO3S. The Balaban J connectivity index is 1.43. The first-order valence-electron chi connectivity index (χ1n) is 9.06. The fourth-order valence-corrected chi connectivity index (χ4v) is 3.36. The molecule has 3 aromatic carbocycles. The van der Waals surface area contributed by atoms with Crippen LogP contribution in [0.2, 0.25) is 0 Å². The van der Waals surface area contributed by atoms with Crippen molar-refractivity contribution < 1.29 is 14.3 Å². The molecule has 0 saturated heterocycles. The molecule has 0 aliphatic heterocycles. The van der Waals surface area contributed by atoms with Gasteiger partial charge in [-0.15, -0.1) is 11.8 Å². The molecule has 0 unspecified atom stereocenters. The highest BCUT2D eigenvalue weighted by atomic mass is 32.2. The van der Waals surface area contributed by atoms with Gasteiger partial charge in [-0.05, 0) is 54.1 Å². The molecular weight excluding hydrogens is 370 g/mol. The van der Waals surface area contributed by atoms with E-state index in [-0.39, 0.29) is 5.91 Å². The minimum absolute atomic E-state index is 0.117. The van der Waals surface area contributed by atoms with Crippen molar-refractivity contribution in [3.8, 4) is 11.5 Å². The molecule has 1 N–H and O–H groups in total. The van der Waals surface area contributed by atoms with Crippen LogP contribution in [0.25, 0.3) is 0 Å². The van der Waals surface area contributed by atoms with Gasteiger partial charge >= 0.3 is 0 Å². The van der Waals surface area contributed by atoms with E-state index in [0.717, 1.165) is 22.8 Å². The molecule has 1 amide bonds. The van der Waals surface area contributed by atoms with E-state index in [2.05, 4.69) is 17.4 Å². The molecule has 3 rings (SSSR count). The molecule has 5 heteroatoms. The molecule has 0 bridgehead atoms. The highest BCUT2D eigenvalue weighted by Crippen LogP contribution is 2.18. The van der Waals surface area contributed by atoms with Crippen molar-refractivity contribution >= 4 is 17.7 Å². The quantitative estimate of drug-likeness (QED) is 0.419. The van der Waals surface area contributed by atoms with Crippen LogP contribution in [-0.2, 0) is 6.54 Å². The Bertz CT molecular complexity index is 882. The minimum Gasteiger partial charge on any atom is -0.497 e. The van der Waals surface area contributed by atoms with Crippen LogP contribution in [0.4, 0.5) is 0 Å². The van der Waals surface area contributed by atoms with Crippen molar-refractivity contribution in [3.05, 3.63) is 90.0 Å². The Labute approximate surface area is 169 Å². The minimum atomic E-state index is -0.117.